The minimum Gasteiger partial charge on any atom is -0.496 e. The highest BCUT2D eigenvalue weighted by Crippen LogP contribution is 2.38. The molecule has 1 fully saturated rings. The van der Waals surface area contributed by atoms with Gasteiger partial charge in [0.1, 0.15) is 5.75 Å². The van der Waals surface area contributed by atoms with E-state index in [0.29, 0.717) is 6.04 Å². The molecule has 0 aliphatic carbocycles. The summed E-state index contributed by atoms with van der Waals surface area (Å²) in [5, 5.41) is 8.12. The normalized spacial score (nSPS) is 17.0. The van der Waals surface area contributed by atoms with Crippen molar-refractivity contribution in [3.05, 3.63) is 64.4 Å². The Labute approximate surface area is 146 Å². The molecular formula is C20H22N2OS. The SMILES string of the molecule is COc1ccc([C@@H](c2cccs2)N2CCNCC2)c2ccccc12. The fourth-order valence-electron chi connectivity index (χ4n) is 3.63. The lowest BCUT2D eigenvalue weighted by atomic mass is 9.95. The number of hydrogen-bond acceptors (Lipinski definition) is 4. The Morgan fingerprint density at radius 1 is 1.00 bits per heavy atom. The summed E-state index contributed by atoms with van der Waals surface area (Å²) >= 11 is 1.84. The van der Waals surface area contributed by atoms with Gasteiger partial charge >= 0.3 is 0 Å². The third-order valence-corrected chi connectivity index (χ3v) is 5.69. The van der Waals surface area contributed by atoms with Crippen molar-refractivity contribution in [2.45, 2.75) is 6.04 Å². The quantitative estimate of drug-likeness (QED) is 0.781. The van der Waals surface area contributed by atoms with Crippen LogP contribution in [0.15, 0.2) is 53.9 Å². The van der Waals surface area contributed by atoms with Crippen LogP contribution >= 0.6 is 11.3 Å². The summed E-state index contributed by atoms with van der Waals surface area (Å²) in [6, 6.07) is 17.7. The molecule has 2 heterocycles. The number of piperazine rings is 1. The van der Waals surface area contributed by atoms with E-state index >= 15 is 0 Å². The summed E-state index contributed by atoms with van der Waals surface area (Å²) in [4.78, 5) is 4.00. The van der Waals surface area contributed by atoms with Gasteiger partial charge in [-0.3, -0.25) is 4.90 Å². The Kier molecular flexibility index (Phi) is 4.52. The van der Waals surface area contributed by atoms with Crippen molar-refractivity contribution in [2.24, 2.45) is 0 Å². The number of nitrogens with one attached hydrogen (secondary N) is 1. The Bertz CT molecular complexity index is 810. The van der Waals surface area contributed by atoms with E-state index in [2.05, 4.69) is 64.1 Å². The average molecular weight is 338 g/mol. The molecule has 0 saturated carbocycles. The average Bonchev–Trinajstić information content (AvgIpc) is 3.17. The zero-order valence-electron chi connectivity index (χ0n) is 13.9. The van der Waals surface area contributed by atoms with Crippen molar-refractivity contribution in [3.63, 3.8) is 0 Å². The molecule has 0 unspecified atom stereocenters. The molecule has 4 heteroatoms. The van der Waals surface area contributed by atoms with Gasteiger partial charge < -0.3 is 10.1 Å². The maximum absolute atomic E-state index is 5.58. The molecule has 0 bridgehead atoms. The van der Waals surface area contributed by atoms with Gasteiger partial charge in [0.05, 0.1) is 13.2 Å². The molecule has 2 aromatic carbocycles. The second-order valence-corrected chi connectivity index (χ2v) is 7.09. The smallest absolute Gasteiger partial charge is 0.126 e. The van der Waals surface area contributed by atoms with E-state index in [9.17, 15) is 0 Å². The predicted octanol–water partition coefficient (Wildman–Crippen LogP) is 3.90. The molecule has 1 atom stereocenters. The van der Waals surface area contributed by atoms with Gasteiger partial charge in [-0.25, -0.2) is 0 Å². The second kappa shape index (κ2) is 6.93. The molecular weight excluding hydrogens is 316 g/mol. The molecule has 4 rings (SSSR count). The third kappa shape index (κ3) is 2.81. The molecule has 3 nitrogen and oxygen atoms in total. The standard InChI is InChI=1S/C20H22N2OS/c1-23-18-9-8-17(15-5-2-3-6-16(15)18)20(19-7-4-14-24-19)22-12-10-21-11-13-22/h2-9,14,20-21H,10-13H2,1H3/t20-/m0/s1. The minimum atomic E-state index is 0.308. The Morgan fingerprint density at radius 3 is 2.50 bits per heavy atom. The van der Waals surface area contributed by atoms with E-state index in [4.69, 9.17) is 4.74 Å². The molecule has 3 aromatic rings. The summed E-state index contributed by atoms with van der Waals surface area (Å²) in [5.41, 5.74) is 1.37. The van der Waals surface area contributed by atoms with Gasteiger partial charge in [0.25, 0.3) is 0 Å². The lowest BCUT2D eigenvalue weighted by molar-refractivity contribution is 0.201. The van der Waals surface area contributed by atoms with Gasteiger partial charge in [-0.1, -0.05) is 36.4 Å². The molecule has 1 aromatic heterocycles. The number of methoxy groups -OCH3 is 1. The monoisotopic (exact) mass is 338 g/mol. The first-order valence-corrected chi connectivity index (χ1v) is 9.30. The molecule has 0 radical (unpaired) electrons. The van der Waals surface area contributed by atoms with Crippen LogP contribution in [0.25, 0.3) is 10.8 Å². The first-order valence-electron chi connectivity index (χ1n) is 8.42. The summed E-state index contributed by atoms with van der Waals surface area (Å²) in [5.74, 6) is 0.944. The summed E-state index contributed by atoms with van der Waals surface area (Å²) in [7, 11) is 1.74. The number of thiophene rings is 1. The van der Waals surface area contributed by atoms with Crippen LogP contribution in [0.4, 0.5) is 0 Å². The van der Waals surface area contributed by atoms with Crippen LogP contribution in [-0.2, 0) is 0 Å². The lowest BCUT2D eigenvalue weighted by Gasteiger charge is -2.35. The Balaban J connectivity index is 1.88. The fraction of sp³-hybridized carbons (Fsp3) is 0.300. The molecule has 1 saturated heterocycles. The summed E-state index contributed by atoms with van der Waals surface area (Å²) < 4.78 is 5.58. The fourth-order valence-corrected chi connectivity index (χ4v) is 4.50. The number of rotatable bonds is 4. The molecule has 1 aliphatic heterocycles. The first-order chi connectivity index (χ1) is 11.9. The number of hydrogen-bond donors (Lipinski definition) is 1. The van der Waals surface area contributed by atoms with Gasteiger partial charge in [0.15, 0.2) is 0 Å². The van der Waals surface area contributed by atoms with Crippen molar-refractivity contribution in [3.8, 4) is 5.75 Å². The van der Waals surface area contributed by atoms with Crippen LogP contribution in [0.5, 0.6) is 5.75 Å². The van der Waals surface area contributed by atoms with Gasteiger partial charge in [0.2, 0.25) is 0 Å². The Morgan fingerprint density at radius 2 is 1.79 bits per heavy atom. The van der Waals surface area contributed by atoms with Gasteiger partial charge in [-0.15, -0.1) is 11.3 Å². The van der Waals surface area contributed by atoms with Gasteiger partial charge in [-0.05, 0) is 28.5 Å². The highest BCUT2D eigenvalue weighted by Gasteiger charge is 2.26. The van der Waals surface area contributed by atoms with Crippen LogP contribution in [0.3, 0.4) is 0 Å². The van der Waals surface area contributed by atoms with Crippen LogP contribution in [0.2, 0.25) is 0 Å². The highest BCUT2D eigenvalue weighted by molar-refractivity contribution is 7.10. The van der Waals surface area contributed by atoms with Crippen molar-refractivity contribution in [1.82, 2.24) is 10.2 Å². The molecule has 0 amide bonds. The van der Waals surface area contributed by atoms with Crippen LogP contribution in [-0.4, -0.2) is 38.2 Å². The van der Waals surface area contributed by atoms with Gasteiger partial charge in [0, 0.05) is 36.4 Å². The van der Waals surface area contributed by atoms with Crippen LogP contribution in [0.1, 0.15) is 16.5 Å². The zero-order valence-corrected chi connectivity index (χ0v) is 14.7. The number of nitrogens with zero attached hydrogens (tertiary/aromatic N) is 1. The highest BCUT2D eigenvalue weighted by atomic mass is 32.1. The molecule has 124 valence electrons. The van der Waals surface area contributed by atoms with Crippen molar-refractivity contribution in [1.29, 1.82) is 0 Å². The molecule has 0 spiro atoms. The largest absolute Gasteiger partial charge is 0.496 e. The number of fused-ring (bicyclic) bond motifs is 1. The summed E-state index contributed by atoms with van der Waals surface area (Å²) in [6.45, 7) is 4.25. The van der Waals surface area contributed by atoms with Crippen molar-refractivity contribution >= 4 is 22.1 Å². The zero-order chi connectivity index (χ0) is 16.4. The minimum absolute atomic E-state index is 0.308. The van der Waals surface area contributed by atoms with E-state index in [1.165, 1.54) is 21.2 Å². The maximum Gasteiger partial charge on any atom is 0.126 e. The predicted molar refractivity (Wildman–Crippen MR) is 101 cm³/mol. The van der Waals surface area contributed by atoms with Crippen LogP contribution < -0.4 is 10.1 Å². The second-order valence-electron chi connectivity index (χ2n) is 6.11. The van der Waals surface area contributed by atoms with Crippen molar-refractivity contribution in [2.75, 3.05) is 33.3 Å². The molecule has 1 aliphatic rings. The number of ether oxygens (including phenoxy) is 1. The van der Waals surface area contributed by atoms with Crippen molar-refractivity contribution < 1.29 is 4.74 Å². The first kappa shape index (κ1) is 15.6. The molecule has 1 N–H and O–H groups in total. The van der Waals surface area contributed by atoms with Crippen LogP contribution in [0, 0.1) is 0 Å². The summed E-state index contributed by atoms with van der Waals surface area (Å²) in [6.07, 6.45) is 0. The van der Waals surface area contributed by atoms with Gasteiger partial charge in [-0.2, -0.15) is 0 Å². The van der Waals surface area contributed by atoms with E-state index in [0.717, 1.165) is 31.9 Å². The van der Waals surface area contributed by atoms with E-state index in [1.54, 1.807) is 7.11 Å². The molecule has 24 heavy (non-hydrogen) atoms. The maximum atomic E-state index is 5.58. The van der Waals surface area contributed by atoms with E-state index < -0.39 is 0 Å². The topological polar surface area (TPSA) is 24.5 Å². The van der Waals surface area contributed by atoms with E-state index in [-0.39, 0.29) is 0 Å². The number of benzene rings is 2. The third-order valence-electron chi connectivity index (χ3n) is 4.76. The van der Waals surface area contributed by atoms with E-state index in [1.807, 2.05) is 11.3 Å². The Hall–Kier alpha value is -1.88. The lowest BCUT2D eigenvalue weighted by Crippen LogP contribution is -2.45.